The number of nitrogens with zero attached hydrogens (tertiary/aromatic N) is 1. The predicted octanol–water partition coefficient (Wildman–Crippen LogP) is 2.85. The summed E-state index contributed by atoms with van der Waals surface area (Å²) >= 11 is 0. The van der Waals surface area contributed by atoms with E-state index in [1.54, 1.807) is 6.92 Å². The van der Waals surface area contributed by atoms with Crippen LogP contribution in [0, 0.1) is 6.92 Å². The summed E-state index contributed by atoms with van der Waals surface area (Å²) in [6, 6.07) is 4.11. The van der Waals surface area contributed by atoms with Gasteiger partial charge in [0, 0.05) is 25.8 Å². The van der Waals surface area contributed by atoms with Crippen LogP contribution in [-0.2, 0) is 9.47 Å². The number of ether oxygens (including phenoxy) is 2. The van der Waals surface area contributed by atoms with Crippen LogP contribution >= 0.6 is 0 Å². The number of ketones is 1. The average molecular weight is 456 g/mol. The lowest BCUT2D eigenvalue weighted by atomic mass is 10.0. The Labute approximate surface area is 189 Å². The maximum Gasteiger partial charge on any atom is 0.344 e. The number of anilines is 1. The molecule has 0 radical (unpaired) electrons. The van der Waals surface area contributed by atoms with Crippen LogP contribution in [0.3, 0.4) is 0 Å². The molecule has 174 valence electrons. The third-order valence-corrected chi connectivity index (χ3v) is 5.11. The van der Waals surface area contributed by atoms with Gasteiger partial charge in [0.25, 0.3) is 17.7 Å². The first-order valence-electron chi connectivity index (χ1n) is 10.3. The van der Waals surface area contributed by atoms with E-state index >= 15 is 0 Å². The third-order valence-electron chi connectivity index (χ3n) is 5.11. The lowest BCUT2D eigenvalue weighted by Gasteiger charge is -2.12. The molecule has 1 N–H and O–H groups in total. The molecule has 0 unspecified atom stereocenters. The van der Waals surface area contributed by atoms with E-state index in [-0.39, 0.29) is 52.6 Å². The molecule has 0 spiro atoms. The summed E-state index contributed by atoms with van der Waals surface area (Å²) in [4.78, 5) is 63.6. The zero-order valence-corrected chi connectivity index (χ0v) is 18.8. The number of methoxy groups -OCH3 is 1. The SMILES string of the molecule is CCOC(=O)c1c(NC(=O)c2ccc3c(c2)C(=O)N(CCCOC)C3=O)oc(C)c1C(C)=O. The van der Waals surface area contributed by atoms with Gasteiger partial charge >= 0.3 is 5.97 Å². The Morgan fingerprint density at radius 2 is 1.79 bits per heavy atom. The van der Waals surface area contributed by atoms with Gasteiger partial charge < -0.3 is 13.9 Å². The first kappa shape index (κ1) is 23.9. The standard InChI is InChI=1S/C23H24N2O8/c1-5-32-23(30)18-17(12(2)26)13(3)33-20(18)24-19(27)14-7-8-15-16(11-14)22(29)25(21(15)28)9-6-10-31-4/h7-8,11H,5-6,9-10H2,1-4H3,(H,24,27). The van der Waals surface area contributed by atoms with Gasteiger partial charge in [0.05, 0.1) is 23.3 Å². The predicted molar refractivity (Wildman–Crippen MR) is 116 cm³/mol. The molecule has 10 nitrogen and oxygen atoms in total. The third kappa shape index (κ3) is 4.56. The Morgan fingerprint density at radius 3 is 2.42 bits per heavy atom. The Balaban J connectivity index is 1.89. The minimum Gasteiger partial charge on any atom is -0.462 e. The van der Waals surface area contributed by atoms with Crippen molar-refractivity contribution >= 4 is 35.4 Å². The van der Waals surface area contributed by atoms with Gasteiger partial charge in [-0.15, -0.1) is 0 Å². The second-order valence-corrected chi connectivity index (χ2v) is 7.34. The molecule has 10 heteroatoms. The van der Waals surface area contributed by atoms with Crippen molar-refractivity contribution in [3.63, 3.8) is 0 Å². The molecule has 0 saturated carbocycles. The Hall–Kier alpha value is -3.79. The number of nitrogens with one attached hydrogen (secondary N) is 1. The van der Waals surface area contributed by atoms with E-state index < -0.39 is 29.5 Å². The smallest absolute Gasteiger partial charge is 0.344 e. The van der Waals surface area contributed by atoms with Gasteiger partial charge in [-0.25, -0.2) is 4.79 Å². The van der Waals surface area contributed by atoms with Gasteiger partial charge in [0.1, 0.15) is 11.3 Å². The van der Waals surface area contributed by atoms with E-state index in [4.69, 9.17) is 13.9 Å². The van der Waals surface area contributed by atoms with Crippen LogP contribution in [0.15, 0.2) is 22.6 Å². The van der Waals surface area contributed by atoms with Gasteiger partial charge in [0.15, 0.2) is 5.78 Å². The molecule has 2 aromatic rings. The highest BCUT2D eigenvalue weighted by Gasteiger charge is 2.36. The van der Waals surface area contributed by atoms with Crippen LogP contribution < -0.4 is 5.32 Å². The molecule has 0 bridgehead atoms. The fourth-order valence-corrected chi connectivity index (χ4v) is 3.63. The highest BCUT2D eigenvalue weighted by atomic mass is 16.5. The number of carbonyl (C=O) groups is 5. The van der Waals surface area contributed by atoms with Crippen molar-refractivity contribution in [2.75, 3.05) is 32.2 Å². The van der Waals surface area contributed by atoms with Crippen LogP contribution in [0.4, 0.5) is 5.88 Å². The summed E-state index contributed by atoms with van der Waals surface area (Å²) in [6.45, 7) is 5.03. The Bertz CT molecular complexity index is 1150. The zero-order chi connectivity index (χ0) is 24.3. The Morgan fingerprint density at radius 1 is 1.09 bits per heavy atom. The van der Waals surface area contributed by atoms with Crippen molar-refractivity contribution in [3.8, 4) is 0 Å². The number of hydrogen-bond acceptors (Lipinski definition) is 8. The summed E-state index contributed by atoms with van der Waals surface area (Å²) in [5, 5.41) is 2.47. The molecule has 3 rings (SSSR count). The quantitative estimate of drug-likeness (QED) is 0.264. The van der Waals surface area contributed by atoms with Crippen molar-refractivity contribution in [3.05, 3.63) is 51.8 Å². The number of Topliss-reactive ketones (excluding diaryl/α,β-unsaturated/α-hetero) is 1. The molecule has 0 aliphatic carbocycles. The number of carbonyl (C=O) groups excluding carboxylic acids is 5. The monoisotopic (exact) mass is 456 g/mol. The van der Waals surface area contributed by atoms with E-state index in [1.165, 1.54) is 39.2 Å². The molecule has 33 heavy (non-hydrogen) atoms. The summed E-state index contributed by atoms with van der Waals surface area (Å²) in [6.07, 6.45) is 0.488. The van der Waals surface area contributed by atoms with E-state index in [9.17, 15) is 24.0 Å². The van der Waals surface area contributed by atoms with Gasteiger partial charge in [-0.05, 0) is 45.4 Å². The fraction of sp³-hybridized carbons (Fsp3) is 0.348. The molecule has 1 aliphatic rings. The minimum atomic E-state index is -0.809. The maximum atomic E-state index is 12.9. The second kappa shape index (κ2) is 9.78. The van der Waals surface area contributed by atoms with Crippen molar-refractivity contribution in [2.45, 2.75) is 27.2 Å². The number of benzene rings is 1. The molecule has 0 saturated heterocycles. The molecular formula is C23H24N2O8. The maximum absolute atomic E-state index is 12.9. The number of rotatable bonds is 9. The van der Waals surface area contributed by atoms with Gasteiger partial charge in [-0.2, -0.15) is 0 Å². The normalized spacial score (nSPS) is 12.7. The largest absolute Gasteiger partial charge is 0.462 e. The van der Waals surface area contributed by atoms with E-state index in [0.717, 1.165) is 4.90 Å². The lowest BCUT2D eigenvalue weighted by molar-refractivity contribution is 0.0523. The first-order valence-corrected chi connectivity index (χ1v) is 10.3. The van der Waals surface area contributed by atoms with Crippen LogP contribution in [0.25, 0.3) is 0 Å². The molecule has 1 aromatic heterocycles. The molecule has 3 amide bonds. The molecule has 0 atom stereocenters. The Kier molecular flexibility index (Phi) is 7.07. The van der Waals surface area contributed by atoms with Crippen molar-refractivity contribution in [1.82, 2.24) is 4.90 Å². The van der Waals surface area contributed by atoms with Crippen LogP contribution in [-0.4, -0.2) is 61.2 Å². The van der Waals surface area contributed by atoms with Crippen LogP contribution in [0.1, 0.15) is 77.8 Å². The minimum absolute atomic E-state index is 0.0187. The fourth-order valence-electron chi connectivity index (χ4n) is 3.63. The van der Waals surface area contributed by atoms with Gasteiger partial charge in [-0.1, -0.05) is 0 Å². The second-order valence-electron chi connectivity index (χ2n) is 7.34. The number of fused-ring (bicyclic) bond motifs is 1. The van der Waals surface area contributed by atoms with Gasteiger partial charge in [0.2, 0.25) is 5.88 Å². The average Bonchev–Trinajstić information content (AvgIpc) is 3.22. The van der Waals surface area contributed by atoms with Crippen molar-refractivity contribution in [1.29, 1.82) is 0 Å². The van der Waals surface area contributed by atoms with Crippen LogP contribution in [0.5, 0.6) is 0 Å². The number of furan rings is 1. The zero-order valence-electron chi connectivity index (χ0n) is 18.8. The molecule has 2 heterocycles. The van der Waals surface area contributed by atoms with Crippen molar-refractivity contribution < 1.29 is 37.9 Å². The number of amides is 3. The van der Waals surface area contributed by atoms with E-state index in [0.29, 0.717) is 13.0 Å². The topological polar surface area (TPSA) is 132 Å². The number of aryl methyl sites for hydroxylation is 1. The van der Waals surface area contributed by atoms with E-state index in [1.807, 2.05) is 0 Å². The van der Waals surface area contributed by atoms with Crippen molar-refractivity contribution in [2.24, 2.45) is 0 Å². The summed E-state index contributed by atoms with van der Waals surface area (Å²) in [5.74, 6) is -2.93. The summed E-state index contributed by atoms with van der Waals surface area (Å²) < 4.78 is 15.4. The lowest BCUT2D eigenvalue weighted by Crippen LogP contribution is -2.31. The number of esters is 1. The first-order chi connectivity index (χ1) is 15.7. The molecule has 1 aromatic carbocycles. The molecule has 0 fully saturated rings. The number of hydrogen-bond donors (Lipinski definition) is 1. The van der Waals surface area contributed by atoms with Crippen LogP contribution in [0.2, 0.25) is 0 Å². The molecule has 1 aliphatic heterocycles. The highest BCUT2D eigenvalue weighted by Crippen LogP contribution is 2.30. The highest BCUT2D eigenvalue weighted by molar-refractivity contribution is 6.22. The van der Waals surface area contributed by atoms with Gasteiger partial charge in [-0.3, -0.25) is 29.4 Å². The number of imide groups is 1. The van der Waals surface area contributed by atoms with E-state index in [2.05, 4.69) is 5.32 Å². The summed E-state index contributed by atoms with van der Waals surface area (Å²) in [5.41, 5.74) is 0.226. The summed E-state index contributed by atoms with van der Waals surface area (Å²) in [7, 11) is 1.53. The molecular weight excluding hydrogens is 432 g/mol.